The van der Waals surface area contributed by atoms with Gasteiger partial charge in [-0.1, -0.05) is 17.8 Å². The van der Waals surface area contributed by atoms with Gasteiger partial charge in [-0.15, -0.1) is 0 Å². The first-order valence-corrected chi connectivity index (χ1v) is 7.08. The summed E-state index contributed by atoms with van der Waals surface area (Å²) in [5, 5.41) is 1.14. The number of aromatic nitrogens is 2. The first kappa shape index (κ1) is 15.8. The summed E-state index contributed by atoms with van der Waals surface area (Å²) in [6, 6.07) is 6.12. The molecule has 2 heterocycles. The van der Waals surface area contributed by atoms with E-state index >= 15 is 0 Å². The molecular formula is C14H14F3N3S. The fourth-order valence-corrected chi connectivity index (χ4v) is 2.38. The third-order valence-electron chi connectivity index (χ3n) is 2.63. The quantitative estimate of drug-likeness (QED) is 0.938. The van der Waals surface area contributed by atoms with Gasteiger partial charge in [-0.05, 0) is 37.1 Å². The fraction of sp³-hybridized carbons (Fsp3) is 0.286. The molecule has 0 amide bonds. The van der Waals surface area contributed by atoms with Gasteiger partial charge in [0, 0.05) is 18.4 Å². The van der Waals surface area contributed by atoms with E-state index in [0.29, 0.717) is 10.1 Å². The smallest absolute Gasteiger partial charge is 0.328 e. The average Bonchev–Trinajstić information content (AvgIpc) is 2.40. The SMILES string of the molecule is CC(N)Cc1ccc(Sc2ccc(C(F)(F)F)cn2)nc1. The summed E-state index contributed by atoms with van der Waals surface area (Å²) >= 11 is 1.21. The lowest BCUT2D eigenvalue weighted by molar-refractivity contribution is -0.137. The van der Waals surface area contributed by atoms with E-state index in [1.165, 1.54) is 17.8 Å². The average molecular weight is 313 g/mol. The predicted molar refractivity (Wildman–Crippen MR) is 75.0 cm³/mol. The summed E-state index contributed by atoms with van der Waals surface area (Å²) in [7, 11) is 0. The molecule has 2 N–H and O–H groups in total. The van der Waals surface area contributed by atoms with Crippen LogP contribution in [0.15, 0.2) is 46.7 Å². The van der Waals surface area contributed by atoms with Gasteiger partial charge < -0.3 is 5.73 Å². The van der Waals surface area contributed by atoms with Crippen molar-refractivity contribution in [2.24, 2.45) is 5.73 Å². The minimum Gasteiger partial charge on any atom is -0.328 e. The van der Waals surface area contributed by atoms with Crippen LogP contribution in [0.4, 0.5) is 13.2 Å². The van der Waals surface area contributed by atoms with Crippen LogP contribution >= 0.6 is 11.8 Å². The van der Waals surface area contributed by atoms with E-state index < -0.39 is 11.7 Å². The molecule has 1 unspecified atom stereocenters. The second-order valence-electron chi connectivity index (χ2n) is 4.67. The van der Waals surface area contributed by atoms with Crippen molar-refractivity contribution in [2.75, 3.05) is 0 Å². The van der Waals surface area contributed by atoms with Crippen LogP contribution in [0, 0.1) is 0 Å². The Balaban J connectivity index is 2.04. The van der Waals surface area contributed by atoms with Crippen molar-refractivity contribution in [1.29, 1.82) is 0 Å². The molecule has 3 nitrogen and oxygen atoms in total. The number of hydrogen-bond donors (Lipinski definition) is 1. The van der Waals surface area contributed by atoms with Crippen molar-refractivity contribution in [3.63, 3.8) is 0 Å². The van der Waals surface area contributed by atoms with Crippen molar-refractivity contribution in [1.82, 2.24) is 9.97 Å². The minimum absolute atomic E-state index is 0.0573. The highest BCUT2D eigenvalue weighted by atomic mass is 32.2. The summed E-state index contributed by atoms with van der Waals surface area (Å²) < 4.78 is 37.3. The molecule has 2 aromatic rings. The van der Waals surface area contributed by atoms with E-state index in [1.807, 2.05) is 19.1 Å². The fourth-order valence-electron chi connectivity index (χ4n) is 1.68. The minimum atomic E-state index is -4.37. The molecule has 0 bridgehead atoms. The van der Waals surface area contributed by atoms with E-state index in [4.69, 9.17) is 5.73 Å². The monoisotopic (exact) mass is 313 g/mol. The third kappa shape index (κ3) is 4.71. The van der Waals surface area contributed by atoms with Gasteiger partial charge in [-0.3, -0.25) is 0 Å². The Kier molecular flexibility index (Phi) is 4.84. The largest absolute Gasteiger partial charge is 0.417 e. The standard InChI is InChI=1S/C14H14F3N3S/c1-9(18)6-10-2-4-12(19-7-10)21-13-5-3-11(8-20-13)14(15,16)17/h2-5,7-9H,6,18H2,1H3. The lowest BCUT2D eigenvalue weighted by Gasteiger charge is -2.07. The zero-order chi connectivity index (χ0) is 15.5. The second kappa shape index (κ2) is 6.44. The lowest BCUT2D eigenvalue weighted by atomic mass is 10.1. The van der Waals surface area contributed by atoms with Crippen LogP contribution in [0.25, 0.3) is 0 Å². The van der Waals surface area contributed by atoms with Gasteiger partial charge in [0.15, 0.2) is 0 Å². The Labute approximate surface area is 124 Å². The van der Waals surface area contributed by atoms with E-state index in [9.17, 15) is 13.2 Å². The van der Waals surface area contributed by atoms with Gasteiger partial charge in [-0.25, -0.2) is 9.97 Å². The molecule has 0 aliphatic heterocycles. The van der Waals surface area contributed by atoms with Gasteiger partial charge in [0.25, 0.3) is 0 Å². The summed E-state index contributed by atoms with van der Waals surface area (Å²) in [5.74, 6) is 0. The molecule has 1 atom stereocenters. The highest BCUT2D eigenvalue weighted by molar-refractivity contribution is 7.99. The number of alkyl halides is 3. The molecule has 0 fully saturated rings. The third-order valence-corrected chi connectivity index (χ3v) is 3.53. The Morgan fingerprint density at radius 1 is 1.10 bits per heavy atom. The Morgan fingerprint density at radius 3 is 2.14 bits per heavy atom. The molecule has 0 radical (unpaired) electrons. The number of rotatable bonds is 4. The summed E-state index contributed by atoms with van der Waals surface area (Å²) in [4.78, 5) is 8.04. The van der Waals surface area contributed by atoms with E-state index in [2.05, 4.69) is 9.97 Å². The van der Waals surface area contributed by atoms with E-state index in [0.717, 1.165) is 24.2 Å². The van der Waals surface area contributed by atoms with E-state index in [-0.39, 0.29) is 6.04 Å². The van der Waals surface area contributed by atoms with Crippen LogP contribution in [-0.2, 0) is 12.6 Å². The molecule has 0 aliphatic rings. The van der Waals surface area contributed by atoms with Crippen LogP contribution in [-0.4, -0.2) is 16.0 Å². The van der Waals surface area contributed by atoms with Crippen LogP contribution in [0.1, 0.15) is 18.1 Å². The van der Waals surface area contributed by atoms with E-state index in [1.54, 1.807) is 6.20 Å². The highest BCUT2D eigenvalue weighted by Crippen LogP contribution is 2.30. The van der Waals surface area contributed by atoms with Crippen molar-refractivity contribution < 1.29 is 13.2 Å². The molecule has 0 aromatic carbocycles. The van der Waals surface area contributed by atoms with Crippen LogP contribution in [0.2, 0.25) is 0 Å². The second-order valence-corrected chi connectivity index (χ2v) is 5.71. The molecule has 0 aliphatic carbocycles. The van der Waals surface area contributed by atoms with Crippen molar-refractivity contribution in [3.05, 3.63) is 47.8 Å². The van der Waals surface area contributed by atoms with Gasteiger partial charge in [-0.2, -0.15) is 13.2 Å². The molecular weight excluding hydrogens is 299 g/mol. The van der Waals surface area contributed by atoms with Gasteiger partial charge >= 0.3 is 6.18 Å². The molecule has 2 rings (SSSR count). The van der Waals surface area contributed by atoms with Crippen LogP contribution in [0.5, 0.6) is 0 Å². The zero-order valence-electron chi connectivity index (χ0n) is 11.3. The molecule has 7 heteroatoms. The molecule has 21 heavy (non-hydrogen) atoms. The van der Waals surface area contributed by atoms with Crippen molar-refractivity contribution >= 4 is 11.8 Å². The maximum absolute atomic E-state index is 12.4. The number of nitrogens with zero attached hydrogens (tertiary/aromatic N) is 2. The predicted octanol–water partition coefficient (Wildman–Crippen LogP) is 3.54. The highest BCUT2D eigenvalue weighted by Gasteiger charge is 2.30. The lowest BCUT2D eigenvalue weighted by Crippen LogP contribution is -2.17. The molecule has 2 aromatic heterocycles. The summed E-state index contributed by atoms with van der Waals surface area (Å²) in [5.41, 5.74) is 5.97. The van der Waals surface area contributed by atoms with Gasteiger partial charge in [0.1, 0.15) is 10.1 Å². The normalized spacial score (nSPS) is 13.2. The number of pyridine rings is 2. The van der Waals surface area contributed by atoms with Crippen molar-refractivity contribution in [2.45, 2.75) is 35.6 Å². The van der Waals surface area contributed by atoms with Gasteiger partial charge in [0.2, 0.25) is 0 Å². The Hall–Kier alpha value is -1.60. The molecule has 0 saturated carbocycles. The first-order chi connectivity index (χ1) is 9.84. The van der Waals surface area contributed by atoms with Crippen LogP contribution in [0.3, 0.4) is 0 Å². The topological polar surface area (TPSA) is 51.8 Å². The summed E-state index contributed by atoms with van der Waals surface area (Å²) in [6.45, 7) is 1.91. The zero-order valence-corrected chi connectivity index (χ0v) is 12.1. The number of nitrogens with two attached hydrogens (primary N) is 1. The molecule has 0 saturated heterocycles. The van der Waals surface area contributed by atoms with Gasteiger partial charge in [0.05, 0.1) is 5.56 Å². The first-order valence-electron chi connectivity index (χ1n) is 6.26. The molecule has 112 valence electrons. The number of halogens is 3. The number of hydrogen-bond acceptors (Lipinski definition) is 4. The van der Waals surface area contributed by atoms with Crippen molar-refractivity contribution in [3.8, 4) is 0 Å². The summed E-state index contributed by atoms with van der Waals surface area (Å²) in [6.07, 6.45) is -1.09. The van der Waals surface area contributed by atoms with Crippen LogP contribution < -0.4 is 5.73 Å². The Morgan fingerprint density at radius 2 is 1.71 bits per heavy atom. The maximum atomic E-state index is 12.4. The molecule has 0 spiro atoms. The Bertz CT molecular complexity index is 580. The maximum Gasteiger partial charge on any atom is 0.417 e.